The first kappa shape index (κ1) is 12.9. The summed E-state index contributed by atoms with van der Waals surface area (Å²) in [4.78, 5) is 2.19. The summed E-state index contributed by atoms with van der Waals surface area (Å²) in [7, 11) is 0. The summed E-state index contributed by atoms with van der Waals surface area (Å²) in [5.41, 5.74) is 0. The molecule has 0 saturated heterocycles. The summed E-state index contributed by atoms with van der Waals surface area (Å²) in [6, 6.07) is 0. The van der Waals surface area contributed by atoms with E-state index in [1.165, 1.54) is 0 Å². The van der Waals surface area contributed by atoms with E-state index >= 15 is 0 Å². The van der Waals surface area contributed by atoms with Crippen LogP contribution in [0.1, 0.15) is 27.7 Å². The minimum absolute atomic E-state index is 0.200. The van der Waals surface area contributed by atoms with Gasteiger partial charge in [0.25, 0.3) is 0 Å². The van der Waals surface area contributed by atoms with Gasteiger partial charge in [0.2, 0.25) is 0 Å². The molecule has 0 unspecified atom stereocenters. The van der Waals surface area contributed by atoms with Gasteiger partial charge in [-0.2, -0.15) is 0 Å². The Labute approximate surface area is 81.7 Å². The topological polar surface area (TPSA) is 32.7 Å². The SMILES string of the molecule is CCN(CC)C[C@H](O)COC(C)C. The van der Waals surface area contributed by atoms with Crippen LogP contribution in [-0.4, -0.2) is 48.5 Å². The first-order valence-electron chi connectivity index (χ1n) is 5.12. The number of likely N-dealkylation sites (N-methyl/N-ethyl adjacent to an activating group) is 1. The summed E-state index contributed by atoms with van der Waals surface area (Å²) >= 11 is 0. The molecule has 80 valence electrons. The van der Waals surface area contributed by atoms with Crippen LogP contribution in [-0.2, 0) is 4.74 Å². The van der Waals surface area contributed by atoms with E-state index in [0.717, 1.165) is 13.1 Å². The number of nitrogens with zero attached hydrogens (tertiary/aromatic N) is 1. The normalized spacial score (nSPS) is 14.1. The Morgan fingerprint density at radius 1 is 1.23 bits per heavy atom. The summed E-state index contributed by atoms with van der Waals surface area (Å²) < 4.78 is 5.32. The van der Waals surface area contributed by atoms with Crippen LogP contribution >= 0.6 is 0 Å². The average Bonchev–Trinajstić information content (AvgIpc) is 2.10. The van der Waals surface area contributed by atoms with Crippen LogP contribution in [0.3, 0.4) is 0 Å². The van der Waals surface area contributed by atoms with Crippen molar-refractivity contribution in [2.24, 2.45) is 0 Å². The maximum atomic E-state index is 9.56. The molecule has 0 aromatic carbocycles. The van der Waals surface area contributed by atoms with Crippen LogP contribution in [0, 0.1) is 0 Å². The van der Waals surface area contributed by atoms with Crippen LogP contribution in [0.15, 0.2) is 0 Å². The largest absolute Gasteiger partial charge is 0.389 e. The van der Waals surface area contributed by atoms with E-state index in [1.807, 2.05) is 13.8 Å². The lowest BCUT2D eigenvalue weighted by molar-refractivity contribution is -0.00727. The molecule has 13 heavy (non-hydrogen) atoms. The molecule has 0 bridgehead atoms. The molecule has 1 N–H and O–H groups in total. The predicted molar refractivity (Wildman–Crippen MR) is 54.9 cm³/mol. The van der Waals surface area contributed by atoms with E-state index < -0.39 is 0 Å². The van der Waals surface area contributed by atoms with E-state index in [2.05, 4.69) is 18.7 Å². The number of hydrogen-bond donors (Lipinski definition) is 1. The fourth-order valence-corrected chi connectivity index (χ4v) is 1.14. The molecular formula is C10H23NO2. The van der Waals surface area contributed by atoms with Gasteiger partial charge in [-0.1, -0.05) is 13.8 Å². The van der Waals surface area contributed by atoms with Crippen molar-refractivity contribution in [3.8, 4) is 0 Å². The summed E-state index contributed by atoms with van der Waals surface area (Å²) in [6.45, 7) is 11.3. The summed E-state index contributed by atoms with van der Waals surface area (Å²) in [5, 5.41) is 9.56. The Morgan fingerprint density at radius 2 is 1.77 bits per heavy atom. The molecular weight excluding hydrogens is 166 g/mol. The Hall–Kier alpha value is -0.120. The minimum atomic E-state index is -0.359. The molecule has 0 radical (unpaired) electrons. The monoisotopic (exact) mass is 189 g/mol. The highest BCUT2D eigenvalue weighted by atomic mass is 16.5. The van der Waals surface area contributed by atoms with Crippen LogP contribution in [0.2, 0.25) is 0 Å². The predicted octanol–water partition coefficient (Wildman–Crippen LogP) is 1.11. The van der Waals surface area contributed by atoms with Crippen molar-refractivity contribution >= 4 is 0 Å². The van der Waals surface area contributed by atoms with Crippen LogP contribution in [0.25, 0.3) is 0 Å². The van der Waals surface area contributed by atoms with E-state index in [9.17, 15) is 5.11 Å². The van der Waals surface area contributed by atoms with Gasteiger partial charge in [0, 0.05) is 6.54 Å². The van der Waals surface area contributed by atoms with Gasteiger partial charge in [-0.25, -0.2) is 0 Å². The Morgan fingerprint density at radius 3 is 2.15 bits per heavy atom. The second-order valence-electron chi connectivity index (χ2n) is 3.52. The highest BCUT2D eigenvalue weighted by Crippen LogP contribution is 1.95. The number of aliphatic hydroxyl groups is 1. The smallest absolute Gasteiger partial charge is 0.0900 e. The molecule has 3 heteroatoms. The molecule has 0 spiro atoms. The zero-order valence-electron chi connectivity index (χ0n) is 9.29. The van der Waals surface area contributed by atoms with Crippen LogP contribution < -0.4 is 0 Å². The van der Waals surface area contributed by atoms with Gasteiger partial charge in [-0.05, 0) is 26.9 Å². The van der Waals surface area contributed by atoms with Gasteiger partial charge in [0.1, 0.15) is 0 Å². The zero-order chi connectivity index (χ0) is 10.3. The minimum Gasteiger partial charge on any atom is -0.389 e. The third-order valence-electron chi connectivity index (χ3n) is 1.99. The standard InChI is InChI=1S/C10H23NO2/c1-5-11(6-2)7-10(12)8-13-9(3)4/h9-10,12H,5-8H2,1-4H3/t10-/m0/s1. The first-order chi connectivity index (χ1) is 6.10. The fraction of sp³-hybridized carbons (Fsp3) is 1.00. The third kappa shape index (κ3) is 6.99. The van der Waals surface area contributed by atoms with Gasteiger partial charge in [0.15, 0.2) is 0 Å². The molecule has 1 atom stereocenters. The van der Waals surface area contributed by atoms with Crippen molar-refractivity contribution in [3.05, 3.63) is 0 Å². The van der Waals surface area contributed by atoms with Crippen molar-refractivity contribution in [3.63, 3.8) is 0 Å². The molecule has 0 aromatic heterocycles. The van der Waals surface area contributed by atoms with Crippen LogP contribution in [0.4, 0.5) is 0 Å². The van der Waals surface area contributed by atoms with Crippen molar-refractivity contribution in [2.75, 3.05) is 26.2 Å². The van der Waals surface area contributed by atoms with E-state index in [1.54, 1.807) is 0 Å². The maximum Gasteiger partial charge on any atom is 0.0900 e. The highest BCUT2D eigenvalue weighted by Gasteiger charge is 2.09. The van der Waals surface area contributed by atoms with Gasteiger partial charge < -0.3 is 14.7 Å². The Bertz CT molecular complexity index is 113. The summed E-state index contributed by atoms with van der Waals surface area (Å²) in [6.07, 6.45) is -0.159. The number of ether oxygens (including phenoxy) is 1. The Balaban J connectivity index is 3.53. The number of aliphatic hydroxyl groups excluding tert-OH is 1. The van der Waals surface area contributed by atoms with Crippen molar-refractivity contribution < 1.29 is 9.84 Å². The van der Waals surface area contributed by atoms with Crippen molar-refractivity contribution in [2.45, 2.75) is 39.9 Å². The fourth-order valence-electron chi connectivity index (χ4n) is 1.14. The lowest BCUT2D eigenvalue weighted by Crippen LogP contribution is -2.35. The van der Waals surface area contributed by atoms with Crippen molar-refractivity contribution in [1.82, 2.24) is 4.90 Å². The molecule has 0 aliphatic rings. The maximum absolute atomic E-state index is 9.56. The zero-order valence-corrected chi connectivity index (χ0v) is 9.29. The molecule has 0 aromatic rings. The van der Waals surface area contributed by atoms with Gasteiger partial charge in [-0.3, -0.25) is 0 Å². The van der Waals surface area contributed by atoms with E-state index in [-0.39, 0.29) is 12.2 Å². The van der Waals surface area contributed by atoms with Gasteiger partial charge in [-0.15, -0.1) is 0 Å². The molecule has 3 nitrogen and oxygen atoms in total. The number of hydrogen-bond acceptors (Lipinski definition) is 3. The van der Waals surface area contributed by atoms with Crippen LogP contribution in [0.5, 0.6) is 0 Å². The average molecular weight is 189 g/mol. The Kier molecular flexibility index (Phi) is 7.23. The van der Waals surface area contributed by atoms with E-state index in [4.69, 9.17) is 4.74 Å². The summed E-state index contributed by atoms with van der Waals surface area (Å²) in [5.74, 6) is 0. The molecule has 0 heterocycles. The lowest BCUT2D eigenvalue weighted by atomic mass is 10.3. The molecule has 0 saturated carbocycles. The lowest BCUT2D eigenvalue weighted by Gasteiger charge is -2.22. The second kappa shape index (κ2) is 7.30. The molecule has 0 aliphatic carbocycles. The number of rotatable bonds is 7. The molecule has 0 aliphatic heterocycles. The molecule has 0 rings (SSSR count). The third-order valence-corrected chi connectivity index (χ3v) is 1.99. The second-order valence-corrected chi connectivity index (χ2v) is 3.52. The quantitative estimate of drug-likeness (QED) is 0.651. The molecule has 0 amide bonds. The van der Waals surface area contributed by atoms with Gasteiger partial charge >= 0.3 is 0 Å². The highest BCUT2D eigenvalue weighted by molar-refractivity contribution is 4.61. The first-order valence-corrected chi connectivity index (χ1v) is 5.12. The van der Waals surface area contributed by atoms with E-state index in [0.29, 0.717) is 13.2 Å². The van der Waals surface area contributed by atoms with Crippen molar-refractivity contribution in [1.29, 1.82) is 0 Å². The molecule has 0 fully saturated rings. The van der Waals surface area contributed by atoms with Gasteiger partial charge in [0.05, 0.1) is 18.8 Å².